The molecule has 20 heavy (non-hydrogen) atoms. The first-order chi connectivity index (χ1) is 9.15. The van der Waals surface area contributed by atoms with E-state index in [0.29, 0.717) is 5.75 Å². The third-order valence-corrected chi connectivity index (χ3v) is 6.82. The monoisotopic (exact) mass is 334 g/mol. The van der Waals surface area contributed by atoms with E-state index in [1.54, 1.807) is 6.92 Å². The van der Waals surface area contributed by atoms with Crippen molar-refractivity contribution in [3.05, 3.63) is 0 Å². The van der Waals surface area contributed by atoms with Gasteiger partial charge in [-0.1, -0.05) is 13.8 Å². The van der Waals surface area contributed by atoms with E-state index in [4.69, 9.17) is 5.73 Å². The molecule has 1 rings (SSSR count). The number of sulfone groups is 1. The Hall–Kier alpha value is 0.01000. The number of hydrogen-bond acceptors (Lipinski definition) is 5. The second-order valence-corrected chi connectivity index (χ2v) is 8.37. The molecule has 0 saturated carbocycles. The quantitative estimate of drug-likeness (QED) is 0.825. The standard InChI is InChI=1S/C11H21F3N2O2S2/c1-3-8(15)10(11(12,13)14)16-5-6-19-7-9(16)20(17,18)4-2/h8-10H,3-7,15H2,1-2H3. The van der Waals surface area contributed by atoms with Crippen molar-refractivity contribution < 1.29 is 21.6 Å². The Morgan fingerprint density at radius 3 is 2.45 bits per heavy atom. The largest absolute Gasteiger partial charge is 0.405 e. The molecule has 0 aromatic carbocycles. The van der Waals surface area contributed by atoms with Crippen molar-refractivity contribution in [2.75, 3.05) is 23.8 Å². The zero-order chi connectivity index (χ0) is 15.6. The maximum atomic E-state index is 13.3. The number of nitrogens with two attached hydrogens (primary N) is 1. The molecule has 1 heterocycles. The molecule has 0 aliphatic carbocycles. The van der Waals surface area contributed by atoms with Crippen LogP contribution in [0.1, 0.15) is 20.3 Å². The van der Waals surface area contributed by atoms with Gasteiger partial charge in [-0.3, -0.25) is 4.90 Å². The third-order valence-electron chi connectivity index (χ3n) is 3.51. The lowest BCUT2D eigenvalue weighted by molar-refractivity contribution is -0.190. The van der Waals surface area contributed by atoms with E-state index < -0.39 is 33.5 Å². The molecule has 3 atom stereocenters. The second-order valence-electron chi connectivity index (χ2n) is 4.78. The minimum absolute atomic E-state index is 0.0897. The van der Waals surface area contributed by atoms with Gasteiger partial charge >= 0.3 is 6.18 Å². The highest BCUT2D eigenvalue weighted by molar-refractivity contribution is 8.01. The van der Waals surface area contributed by atoms with Gasteiger partial charge in [0.15, 0.2) is 9.84 Å². The Balaban J connectivity index is 3.14. The SMILES string of the molecule is CCC(N)C(N1CCSCC1S(=O)(=O)CC)C(F)(F)F. The highest BCUT2D eigenvalue weighted by Crippen LogP contribution is 2.33. The summed E-state index contributed by atoms with van der Waals surface area (Å²) in [6, 6.07) is -3.02. The van der Waals surface area contributed by atoms with Crippen molar-refractivity contribution in [3.8, 4) is 0 Å². The maximum absolute atomic E-state index is 13.3. The van der Waals surface area contributed by atoms with Crippen molar-refractivity contribution in [3.63, 3.8) is 0 Å². The molecule has 4 nitrogen and oxygen atoms in total. The fourth-order valence-electron chi connectivity index (χ4n) is 2.31. The van der Waals surface area contributed by atoms with Crippen LogP contribution in [0.3, 0.4) is 0 Å². The van der Waals surface area contributed by atoms with Gasteiger partial charge in [0.1, 0.15) is 11.4 Å². The van der Waals surface area contributed by atoms with Crippen LogP contribution in [0.15, 0.2) is 0 Å². The molecule has 1 saturated heterocycles. The van der Waals surface area contributed by atoms with Crippen LogP contribution < -0.4 is 5.73 Å². The predicted molar refractivity (Wildman–Crippen MR) is 75.4 cm³/mol. The van der Waals surface area contributed by atoms with E-state index in [-0.39, 0.29) is 24.5 Å². The van der Waals surface area contributed by atoms with Crippen LogP contribution in [0.2, 0.25) is 0 Å². The third kappa shape index (κ3) is 4.02. The van der Waals surface area contributed by atoms with Gasteiger partial charge in [-0.15, -0.1) is 0 Å². The average molecular weight is 334 g/mol. The zero-order valence-corrected chi connectivity index (χ0v) is 13.2. The molecule has 0 spiro atoms. The van der Waals surface area contributed by atoms with Crippen LogP contribution in [0.25, 0.3) is 0 Å². The van der Waals surface area contributed by atoms with E-state index in [2.05, 4.69) is 0 Å². The zero-order valence-electron chi connectivity index (χ0n) is 11.6. The fourth-order valence-corrected chi connectivity index (χ4v) is 5.37. The molecule has 2 N–H and O–H groups in total. The lowest BCUT2D eigenvalue weighted by atomic mass is 10.0. The van der Waals surface area contributed by atoms with Crippen LogP contribution >= 0.6 is 11.8 Å². The number of hydrogen-bond donors (Lipinski definition) is 1. The summed E-state index contributed by atoms with van der Waals surface area (Å²) in [7, 11) is -3.57. The van der Waals surface area contributed by atoms with Gasteiger partial charge in [0.25, 0.3) is 0 Å². The summed E-state index contributed by atoms with van der Waals surface area (Å²) in [6.45, 7) is 3.12. The minimum atomic E-state index is -4.53. The number of rotatable bonds is 5. The maximum Gasteiger partial charge on any atom is 0.405 e. The lowest BCUT2D eigenvalue weighted by Gasteiger charge is -2.42. The number of alkyl halides is 3. The van der Waals surface area contributed by atoms with E-state index in [1.807, 2.05) is 0 Å². The Kier molecular flexibility index (Phi) is 6.18. The lowest BCUT2D eigenvalue weighted by Crippen LogP contribution is -2.62. The van der Waals surface area contributed by atoms with Gasteiger partial charge < -0.3 is 5.73 Å². The van der Waals surface area contributed by atoms with Crippen LogP contribution in [-0.4, -0.2) is 60.8 Å². The summed E-state index contributed by atoms with van der Waals surface area (Å²) in [6.07, 6.45) is -4.38. The van der Waals surface area contributed by atoms with E-state index in [9.17, 15) is 21.6 Å². The molecule has 0 bridgehead atoms. The van der Waals surface area contributed by atoms with E-state index in [1.165, 1.54) is 18.7 Å². The number of nitrogens with zero attached hydrogens (tertiary/aromatic N) is 1. The van der Waals surface area contributed by atoms with Crippen molar-refractivity contribution in [2.45, 2.75) is 43.9 Å². The van der Waals surface area contributed by atoms with Crippen LogP contribution in [0.4, 0.5) is 13.2 Å². The summed E-state index contributed by atoms with van der Waals surface area (Å²) in [5.41, 5.74) is 5.62. The molecule has 1 fully saturated rings. The minimum Gasteiger partial charge on any atom is -0.326 e. The molecule has 0 radical (unpaired) electrons. The van der Waals surface area contributed by atoms with Gasteiger partial charge in [0.2, 0.25) is 0 Å². The van der Waals surface area contributed by atoms with Gasteiger partial charge in [-0.2, -0.15) is 24.9 Å². The summed E-state index contributed by atoms with van der Waals surface area (Å²) < 4.78 is 63.9. The van der Waals surface area contributed by atoms with Gasteiger partial charge in [-0.25, -0.2) is 8.42 Å². The molecule has 120 valence electrons. The molecule has 0 amide bonds. The van der Waals surface area contributed by atoms with Crippen molar-refractivity contribution in [1.29, 1.82) is 0 Å². The Morgan fingerprint density at radius 2 is 2.00 bits per heavy atom. The van der Waals surface area contributed by atoms with Crippen LogP contribution in [0, 0.1) is 0 Å². The molecule has 9 heteroatoms. The molecular weight excluding hydrogens is 313 g/mol. The van der Waals surface area contributed by atoms with Crippen molar-refractivity contribution >= 4 is 21.6 Å². The number of thioether (sulfide) groups is 1. The van der Waals surface area contributed by atoms with Crippen molar-refractivity contribution in [2.24, 2.45) is 5.73 Å². The molecular formula is C11H21F3N2O2S2. The molecule has 3 unspecified atom stereocenters. The molecule has 0 aromatic heterocycles. The molecule has 1 aliphatic heterocycles. The summed E-state index contributed by atoms with van der Waals surface area (Å²) in [5.74, 6) is 0.485. The number of halogens is 3. The van der Waals surface area contributed by atoms with Crippen LogP contribution in [-0.2, 0) is 9.84 Å². The summed E-state index contributed by atoms with van der Waals surface area (Å²) in [5, 5.41) is -1.10. The van der Waals surface area contributed by atoms with Crippen molar-refractivity contribution in [1.82, 2.24) is 4.90 Å². The topological polar surface area (TPSA) is 63.4 Å². The Bertz CT molecular complexity index is 414. The highest BCUT2D eigenvalue weighted by Gasteiger charge is 2.51. The van der Waals surface area contributed by atoms with Gasteiger partial charge in [-0.05, 0) is 6.42 Å². The first-order valence-electron chi connectivity index (χ1n) is 6.52. The predicted octanol–water partition coefficient (Wildman–Crippen LogP) is 1.46. The smallest absolute Gasteiger partial charge is 0.326 e. The molecule has 1 aliphatic rings. The van der Waals surface area contributed by atoms with Gasteiger partial charge in [0.05, 0.1) is 0 Å². The normalized spacial score (nSPS) is 25.4. The second kappa shape index (κ2) is 6.85. The average Bonchev–Trinajstić information content (AvgIpc) is 2.37. The molecule has 0 aromatic rings. The first kappa shape index (κ1) is 18.1. The Labute approximate surface area is 122 Å². The van der Waals surface area contributed by atoms with E-state index in [0.717, 1.165) is 4.90 Å². The summed E-state index contributed by atoms with van der Waals surface area (Å²) in [4.78, 5) is 1.05. The van der Waals surface area contributed by atoms with Gasteiger partial charge in [0, 0.05) is 29.8 Å². The van der Waals surface area contributed by atoms with Crippen LogP contribution in [0.5, 0.6) is 0 Å². The fraction of sp³-hybridized carbons (Fsp3) is 1.00. The first-order valence-corrected chi connectivity index (χ1v) is 9.39. The summed E-state index contributed by atoms with van der Waals surface area (Å²) >= 11 is 1.37. The Morgan fingerprint density at radius 1 is 1.40 bits per heavy atom. The van der Waals surface area contributed by atoms with E-state index >= 15 is 0 Å². The highest BCUT2D eigenvalue weighted by atomic mass is 32.2.